The van der Waals surface area contributed by atoms with Gasteiger partial charge in [-0.25, -0.2) is 58.0 Å². The lowest BCUT2D eigenvalue weighted by Gasteiger charge is -2.61. The van der Waals surface area contributed by atoms with E-state index < -0.39 is 41.2 Å². The highest BCUT2D eigenvalue weighted by molar-refractivity contribution is 5.95. The largest absolute Gasteiger partial charge is 0.443 e. The zero-order chi connectivity index (χ0) is 98.7. The number of amides is 12. The average Bonchev–Trinajstić information content (AvgIpc) is 1.39. The summed E-state index contributed by atoms with van der Waals surface area (Å²) in [5.41, 5.74) is -2.62. The molecule has 12 amide bonds. The predicted octanol–water partition coefficient (Wildman–Crippen LogP) is 25.2. The van der Waals surface area contributed by atoms with Gasteiger partial charge in [-0.3, -0.25) is 19.2 Å². The van der Waals surface area contributed by atoms with Gasteiger partial charge < -0.3 is 57.5 Å². The SMILES string of the molecule is CC(C)(OC(=O)N1CCCC1=O)C12CC3CC(CC(C3)C1)C2.CC(C)(OC(=O)N1CCCCC1)C1CCCCC1.CC(C)C(C)(C)OC(=O)N1CCCC1=O.CC1(OC(=O)N2CCCCC2)CCCCC1.CCC(C)(C)OC(=O)N1CCCCC1.CCC(CC)(CC)OC(=O)N1CCCC1=O.CCC(CC)(CC)OC(=O)N1CCCCC1.CCC1(OC(=O)N2CCCC2=O)CCCCC1. The lowest BCUT2D eigenvalue weighted by Crippen LogP contribution is -2.58. The normalized spacial score (nSPS) is 23.6. The molecule has 4 bridgehead atoms. The van der Waals surface area contributed by atoms with Crippen molar-refractivity contribution in [3.63, 3.8) is 0 Å². The summed E-state index contributed by atoms with van der Waals surface area (Å²) >= 11 is 0. The molecular formula is C106H184N8O20. The molecule has 0 N–H and O–H groups in total. The van der Waals surface area contributed by atoms with Crippen molar-refractivity contribution in [2.24, 2.45) is 35.0 Å². The molecule has 134 heavy (non-hydrogen) atoms. The van der Waals surface area contributed by atoms with Gasteiger partial charge in [0.05, 0.1) is 0 Å². The van der Waals surface area contributed by atoms with Gasteiger partial charge in [-0.2, -0.15) is 0 Å². The van der Waals surface area contributed by atoms with Crippen molar-refractivity contribution in [2.75, 3.05) is 78.5 Å². The highest BCUT2D eigenvalue weighted by Crippen LogP contribution is 2.64. The Morgan fingerprint density at radius 2 is 0.634 bits per heavy atom. The second-order valence-electron chi connectivity index (χ2n) is 43.8. The minimum Gasteiger partial charge on any atom is -0.443 e. The molecule has 0 aromatic heterocycles. The van der Waals surface area contributed by atoms with E-state index in [9.17, 15) is 57.5 Å². The third kappa shape index (κ3) is 34.1. The average molecular weight is 1890 g/mol. The number of ether oxygens (including phenoxy) is 8. The molecule has 28 nitrogen and oxygen atoms in total. The van der Waals surface area contributed by atoms with Crippen molar-refractivity contribution in [2.45, 2.75) is 491 Å². The number of hydrogen-bond acceptors (Lipinski definition) is 20. The minimum atomic E-state index is -0.528. The van der Waals surface area contributed by atoms with Crippen LogP contribution in [0.1, 0.15) is 446 Å². The first-order valence-corrected chi connectivity index (χ1v) is 53.5. The fourth-order valence-electron chi connectivity index (χ4n) is 21.9. The fraction of sp³-hybridized carbons (Fsp3) is 0.887. The van der Waals surface area contributed by atoms with Gasteiger partial charge in [0.25, 0.3) is 0 Å². The molecule has 8 saturated heterocycles. The Labute approximate surface area is 807 Å². The van der Waals surface area contributed by atoms with Crippen LogP contribution in [0.25, 0.3) is 0 Å². The van der Waals surface area contributed by atoms with Crippen LogP contribution >= 0.6 is 0 Å². The highest BCUT2D eigenvalue weighted by Gasteiger charge is 2.59. The van der Waals surface area contributed by atoms with Gasteiger partial charge >= 0.3 is 48.7 Å². The predicted molar refractivity (Wildman–Crippen MR) is 521 cm³/mol. The number of rotatable bonds is 19. The Morgan fingerprint density at radius 3 is 0.970 bits per heavy atom. The van der Waals surface area contributed by atoms with Gasteiger partial charge in [-0.05, 0) is 349 Å². The number of hydrogen-bond donors (Lipinski definition) is 0. The van der Waals surface area contributed by atoms with E-state index in [0.717, 1.165) is 237 Å². The molecule has 0 aromatic carbocycles. The first kappa shape index (κ1) is 114. The molecule has 28 heteroatoms. The van der Waals surface area contributed by atoms with Crippen LogP contribution in [-0.2, 0) is 57.1 Å². The van der Waals surface area contributed by atoms with Gasteiger partial charge in [0, 0.05) is 110 Å². The van der Waals surface area contributed by atoms with E-state index in [2.05, 4.69) is 62.3 Å². The van der Waals surface area contributed by atoms with Crippen LogP contribution in [0.3, 0.4) is 0 Å². The maximum atomic E-state index is 12.4. The molecule has 0 atom stereocenters. The van der Waals surface area contributed by atoms with E-state index in [4.69, 9.17) is 37.9 Å². The third-order valence-corrected chi connectivity index (χ3v) is 32.6. The number of piperidine rings is 4. The number of imide groups is 4. The van der Waals surface area contributed by atoms with Gasteiger partial charge in [-0.15, -0.1) is 0 Å². The molecule has 7 aliphatic carbocycles. The van der Waals surface area contributed by atoms with Gasteiger partial charge in [-0.1, -0.05) is 101 Å². The molecule has 768 valence electrons. The van der Waals surface area contributed by atoms with Crippen LogP contribution in [0.5, 0.6) is 0 Å². The zero-order valence-corrected chi connectivity index (χ0v) is 87.3. The number of carbonyl (C=O) groups excluding carboxylic acids is 12. The summed E-state index contributed by atoms with van der Waals surface area (Å²) in [5.74, 6) is 2.86. The number of carbonyl (C=O) groups is 12. The van der Waals surface area contributed by atoms with E-state index in [1.807, 2.05) is 88.8 Å². The smallest absolute Gasteiger partial charge is 0.417 e. The Kier molecular flexibility index (Phi) is 45.7. The first-order valence-electron chi connectivity index (χ1n) is 53.5. The van der Waals surface area contributed by atoms with Gasteiger partial charge in [0.2, 0.25) is 23.6 Å². The highest BCUT2D eigenvalue weighted by atomic mass is 16.6. The monoisotopic (exact) mass is 1890 g/mol. The van der Waals surface area contributed by atoms with E-state index in [1.54, 1.807) is 0 Å². The van der Waals surface area contributed by atoms with Crippen molar-refractivity contribution in [3.8, 4) is 0 Å². The fourth-order valence-corrected chi connectivity index (χ4v) is 21.9. The van der Waals surface area contributed by atoms with Gasteiger partial charge in [0.15, 0.2) is 0 Å². The van der Waals surface area contributed by atoms with Crippen molar-refractivity contribution in [3.05, 3.63) is 0 Å². The lowest BCUT2D eigenvalue weighted by atomic mass is 9.46. The molecule has 15 rings (SSSR count). The Hall–Kier alpha value is -7.16. The van der Waals surface area contributed by atoms with E-state index in [1.165, 1.54) is 142 Å². The van der Waals surface area contributed by atoms with Crippen LogP contribution in [-0.4, -0.2) is 235 Å². The molecule has 8 heterocycles. The standard InChI is InChI=1S/C18H27NO3.C15H27NO2.C13H21NO3.C13H23NO2.C13H25NO2.C12H21NO3.C11H19NO3.C11H21NO2/c1-17(2,22-16(21)19-5-3-4-15(19)20)18-9-12-6-13(10-18)8-14(7-12)11-18;1-15(2,13-9-5-3-6-10-13)18-14(17)16-11-7-4-8-12-16;1-2-13(8-4-3-5-9-13)17-12(16)14-10-6-7-11(14)15;1-13(8-4-2-5-9-13)16-12(15)14-10-6-3-7-11-14;1-4-13(5-2,6-3)16-12(15)14-10-8-7-9-11-14;1-4-12(5-2,6-3)16-11(15)13-9-7-8-10(13)14;1-8(2)11(3,4)15-10(14)12-7-5-6-9(12)13;1-4-11(2,3)14-10(13)12-8-6-5-7-9-12/h12-14H,3-11H2,1-2H3;13H,3-12H2,1-2H3;2-10H2,1H3;2-11H2,1H3;4-11H2,1-3H3;4-9H2,1-3H3;8H,5-7H2,1-4H3;4-9H2,1-3H3. The Balaban J connectivity index is 0.000000210. The topological polar surface area (TPSA) is 305 Å². The quantitative estimate of drug-likeness (QED) is 0.108. The maximum Gasteiger partial charge on any atom is 0.417 e. The van der Waals surface area contributed by atoms with Crippen molar-refractivity contribution in [1.82, 2.24) is 39.2 Å². The summed E-state index contributed by atoms with van der Waals surface area (Å²) in [5, 5.41) is 0. The van der Waals surface area contributed by atoms with Crippen LogP contribution in [0.4, 0.5) is 38.4 Å². The molecule has 8 aliphatic heterocycles. The van der Waals surface area contributed by atoms with E-state index in [-0.39, 0.29) is 87.3 Å². The molecule has 7 saturated carbocycles. The summed E-state index contributed by atoms with van der Waals surface area (Å²) in [6.07, 6.45) is 48.6. The summed E-state index contributed by atoms with van der Waals surface area (Å²) < 4.78 is 45.1. The van der Waals surface area contributed by atoms with E-state index in [0.29, 0.717) is 57.8 Å². The van der Waals surface area contributed by atoms with Crippen LogP contribution in [0.15, 0.2) is 0 Å². The Bertz CT molecular complexity index is 3630. The van der Waals surface area contributed by atoms with Crippen molar-refractivity contribution < 1.29 is 95.4 Å². The van der Waals surface area contributed by atoms with Crippen LogP contribution < -0.4 is 0 Å². The van der Waals surface area contributed by atoms with Crippen LogP contribution in [0.2, 0.25) is 0 Å². The minimum absolute atomic E-state index is 0.0775. The maximum absolute atomic E-state index is 12.4. The molecule has 0 unspecified atom stereocenters. The molecule has 0 radical (unpaired) electrons. The third-order valence-electron chi connectivity index (χ3n) is 32.6. The van der Waals surface area contributed by atoms with Gasteiger partial charge in [0.1, 0.15) is 44.8 Å². The summed E-state index contributed by atoms with van der Waals surface area (Å²) in [6, 6.07) is 0. The zero-order valence-electron chi connectivity index (χ0n) is 87.3. The van der Waals surface area contributed by atoms with Crippen molar-refractivity contribution in [1.29, 1.82) is 0 Å². The molecule has 0 spiro atoms. The molecule has 0 aromatic rings. The number of likely N-dealkylation sites (tertiary alicyclic amines) is 8. The second-order valence-corrected chi connectivity index (χ2v) is 43.8. The molecule has 15 fully saturated rings. The lowest BCUT2D eigenvalue weighted by molar-refractivity contribution is -0.167. The molecular weight excluding hydrogens is 1710 g/mol. The number of nitrogens with zero attached hydrogens (tertiary/aromatic N) is 8. The summed E-state index contributed by atoms with van der Waals surface area (Å²) in [7, 11) is 0. The molecule has 15 aliphatic rings. The van der Waals surface area contributed by atoms with Crippen LogP contribution in [0, 0.1) is 35.0 Å². The second kappa shape index (κ2) is 53.9. The first-order chi connectivity index (χ1) is 63.5. The van der Waals surface area contributed by atoms with E-state index >= 15 is 0 Å². The Morgan fingerprint density at radius 1 is 0.328 bits per heavy atom. The summed E-state index contributed by atoms with van der Waals surface area (Å²) in [4.78, 5) is 154. The summed E-state index contributed by atoms with van der Waals surface area (Å²) in [6.45, 7) is 47.4. The van der Waals surface area contributed by atoms with Crippen molar-refractivity contribution >= 4 is 72.4 Å².